The normalized spacial score (nSPS) is 19.0. The minimum Gasteiger partial charge on any atom is -0.425 e. The maximum Gasteiger partial charge on any atom is 0.146 e. The van der Waals surface area contributed by atoms with Gasteiger partial charge >= 0.3 is 0 Å². The third kappa shape index (κ3) is 4.26. The first kappa shape index (κ1) is 12.2. The van der Waals surface area contributed by atoms with Gasteiger partial charge in [0, 0.05) is 6.10 Å². The van der Waals surface area contributed by atoms with Crippen LogP contribution in [0.1, 0.15) is 47.0 Å². The largest absolute Gasteiger partial charge is 0.425 e. The molecule has 0 aromatic heterocycles. The second-order valence-corrected chi connectivity index (χ2v) is 4.38. The summed E-state index contributed by atoms with van der Waals surface area (Å²) in [6, 6.07) is 0. The van der Waals surface area contributed by atoms with Crippen LogP contribution in [0.25, 0.3) is 0 Å². The van der Waals surface area contributed by atoms with E-state index in [0.29, 0.717) is 6.10 Å². The zero-order valence-corrected chi connectivity index (χ0v) is 11.3. The van der Waals surface area contributed by atoms with Crippen LogP contribution in [0.15, 0.2) is 0 Å². The molecule has 12 heavy (non-hydrogen) atoms. The smallest absolute Gasteiger partial charge is 0.146 e. The van der Waals surface area contributed by atoms with Gasteiger partial charge in [-0.1, -0.05) is 40.5 Å². The van der Waals surface area contributed by atoms with Gasteiger partial charge in [-0.05, 0) is 18.3 Å². The molecule has 74 valence electrons. The van der Waals surface area contributed by atoms with Crippen LogP contribution < -0.4 is 0 Å². The quantitative estimate of drug-likeness (QED) is 0.580. The second-order valence-electron chi connectivity index (χ2n) is 3.91. The molecule has 0 radical (unpaired) electrons. The standard InChI is InChI=1S/C10H24OSi/c1-5-8(3)7-10(11-12)9(4)6-2/h8-10H,5-7H2,1-4,12H3. The summed E-state index contributed by atoms with van der Waals surface area (Å²) in [5.41, 5.74) is 0. The van der Waals surface area contributed by atoms with Crippen LogP contribution in [-0.2, 0) is 4.43 Å². The second kappa shape index (κ2) is 6.67. The molecule has 2 heteroatoms. The van der Waals surface area contributed by atoms with Gasteiger partial charge in [0.2, 0.25) is 0 Å². The van der Waals surface area contributed by atoms with Gasteiger partial charge in [0.25, 0.3) is 0 Å². The van der Waals surface area contributed by atoms with Crippen molar-refractivity contribution in [3.8, 4) is 0 Å². The van der Waals surface area contributed by atoms with E-state index >= 15 is 0 Å². The first-order valence-corrected chi connectivity index (χ1v) is 6.00. The Morgan fingerprint density at radius 1 is 1.17 bits per heavy atom. The molecule has 3 atom stereocenters. The van der Waals surface area contributed by atoms with Gasteiger partial charge in [-0.2, -0.15) is 0 Å². The molecule has 1 nitrogen and oxygen atoms in total. The molecule has 0 fully saturated rings. The number of hydrogen-bond acceptors (Lipinski definition) is 1. The van der Waals surface area contributed by atoms with E-state index in [0.717, 1.165) is 22.3 Å². The van der Waals surface area contributed by atoms with Crippen LogP contribution in [0.5, 0.6) is 0 Å². The van der Waals surface area contributed by atoms with Crippen LogP contribution in [0.3, 0.4) is 0 Å². The molecular weight excluding hydrogens is 164 g/mol. The molecule has 0 spiro atoms. The Balaban J connectivity index is 3.81. The molecule has 0 aliphatic carbocycles. The zero-order valence-electron chi connectivity index (χ0n) is 9.26. The van der Waals surface area contributed by atoms with Gasteiger partial charge in [0.05, 0.1) is 0 Å². The maximum absolute atomic E-state index is 5.61. The van der Waals surface area contributed by atoms with E-state index in [1.54, 1.807) is 0 Å². The predicted molar refractivity (Wildman–Crippen MR) is 58.3 cm³/mol. The summed E-state index contributed by atoms with van der Waals surface area (Å²) in [4.78, 5) is 0. The predicted octanol–water partition coefficient (Wildman–Crippen LogP) is 2.13. The Hall–Kier alpha value is 0.177. The fourth-order valence-corrected chi connectivity index (χ4v) is 2.04. The van der Waals surface area contributed by atoms with Crippen molar-refractivity contribution in [1.29, 1.82) is 0 Å². The Bertz CT molecular complexity index is 106. The summed E-state index contributed by atoms with van der Waals surface area (Å²) in [7, 11) is 0.883. The minimum absolute atomic E-state index is 0.525. The first-order valence-electron chi connectivity index (χ1n) is 5.18. The van der Waals surface area contributed by atoms with Gasteiger partial charge in [-0.15, -0.1) is 0 Å². The van der Waals surface area contributed by atoms with E-state index in [-0.39, 0.29) is 0 Å². The fourth-order valence-electron chi connectivity index (χ4n) is 1.39. The van der Waals surface area contributed by atoms with Gasteiger partial charge in [0.15, 0.2) is 0 Å². The van der Waals surface area contributed by atoms with Crippen LogP contribution in [0.2, 0.25) is 0 Å². The van der Waals surface area contributed by atoms with E-state index in [4.69, 9.17) is 4.43 Å². The highest BCUT2D eigenvalue weighted by molar-refractivity contribution is 5.98. The van der Waals surface area contributed by atoms with Crippen LogP contribution in [-0.4, -0.2) is 16.6 Å². The molecule has 0 N–H and O–H groups in total. The lowest BCUT2D eigenvalue weighted by atomic mass is 9.92. The molecule has 0 aliphatic rings. The minimum atomic E-state index is 0.525. The summed E-state index contributed by atoms with van der Waals surface area (Å²) in [5, 5.41) is 0. The van der Waals surface area contributed by atoms with Crippen molar-refractivity contribution in [2.45, 2.75) is 53.1 Å². The van der Waals surface area contributed by atoms with Gasteiger partial charge in [0.1, 0.15) is 10.5 Å². The molecule has 0 aromatic rings. The molecule has 0 aromatic carbocycles. The SMILES string of the molecule is CCC(C)CC(O[SiH3])C(C)CC. The average Bonchev–Trinajstić information content (AvgIpc) is 2.12. The summed E-state index contributed by atoms with van der Waals surface area (Å²) in [5.74, 6) is 1.55. The van der Waals surface area contributed by atoms with E-state index in [2.05, 4.69) is 27.7 Å². The summed E-state index contributed by atoms with van der Waals surface area (Å²) in [6.07, 6.45) is 4.28. The van der Waals surface area contributed by atoms with Crippen molar-refractivity contribution in [2.24, 2.45) is 11.8 Å². The van der Waals surface area contributed by atoms with Crippen molar-refractivity contribution in [1.82, 2.24) is 0 Å². The molecule has 0 heterocycles. The van der Waals surface area contributed by atoms with E-state index in [9.17, 15) is 0 Å². The molecule has 0 amide bonds. The molecule has 0 saturated heterocycles. The van der Waals surface area contributed by atoms with Gasteiger partial charge in [-0.25, -0.2) is 0 Å². The molecule has 0 aliphatic heterocycles. The lowest BCUT2D eigenvalue weighted by molar-refractivity contribution is 0.125. The topological polar surface area (TPSA) is 9.23 Å². The lowest BCUT2D eigenvalue weighted by Crippen LogP contribution is -2.22. The van der Waals surface area contributed by atoms with Crippen molar-refractivity contribution in [3.63, 3.8) is 0 Å². The monoisotopic (exact) mass is 188 g/mol. The Labute approximate surface area is 80.4 Å². The Kier molecular flexibility index (Phi) is 6.77. The van der Waals surface area contributed by atoms with E-state index < -0.39 is 0 Å². The summed E-state index contributed by atoms with van der Waals surface area (Å²) < 4.78 is 5.61. The van der Waals surface area contributed by atoms with Crippen molar-refractivity contribution in [3.05, 3.63) is 0 Å². The third-order valence-corrected chi connectivity index (χ3v) is 3.52. The third-order valence-electron chi connectivity index (χ3n) is 2.91. The maximum atomic E-state index is 5.61. The zero-order chi connectivity index (χ0) is 9.56. The van der Waals surface area contributed by atoms with Crippen molar-refractivity contribution < 1.29 is 4.43 Å². The van der Waals surface area contributed by atoms with Crippen LogP contribution in [0.4, 0.5) is 0 Å². The van der Waals surface area contributed by atoms with Crippen molar-refractivity contribution in [2.75, 3.05) is 0 Å². The number of rotatable bonds is 6. The van der Waals surface area contributed by atoms with Crippen LogP contribution >= 0.6 is 0 Å². The molecule has 0 bridgehead atoms. The van der Waals surface area contributed by atoms with Crippen LogP contribution in [0, 0.1) is 11.8 Å². The highest BCUT2D eigenvalue weighted by Gasteiger charge is 2.16. The first-order chi connectivity index (χ1) is 5.65. The van der Waals surface area contributed by atoms with E-state index in [1.807, 2.05) is 0 Å². The van der Waals surface area contributed by atoms with Gasteiger partial charge < -0.3 is 4.43 Å². The Morgan fingerprint density at radius 3 is 2.08 bits per heavy atom. The van der Waals surface area contributed by atoms with E-state index in [1.165, 1.54) is 19.3 Å². The van der Waals surface area contributed by atoms with Crippen molar-refractivity contribution >= 4 is 10.5 Å². The summed E-state index contributed by atoms with van der Waals surface area (Å²) >= 11 is 0. The lowest BCUT2D eigenvalue weighted by Gasteiger charge is -2.24. The highest BCUT2D eigenvalue weighted by atomic mass is 28.2. The average molecular weight is 188 g/mol. The fraction of sp³-hybridized carbons (Fsp3) is 1.00. The molecule has 0 rings (SSSR count). The molecule has 3 unspecified atom stereocenters. The molecular formula is C10H24OSi. The molecule has 0 saturated carbocycles. The number of hydrogen-bond donors (Lipinski definition) is 0. The highest BCUT2D eigenvalue weighted by Crippen LogP contribution is 2.20. The van der Waals surface area contributed by atoms with Gasteiger partial charge in [-0.3, -0.25) is 0 Å². The Morgan fingerprint density at radius 2 is 1.75 bits per heavy atom. The summed E-state index contributed by atoms with van der Waals surface area (Å²) in [6.45, 7) is 9.11.